The first-order valence-corrected chi connectivity index (χ1v) is 7.58. The molecule has 0 aromatic heterocycles. The Kier molecular flexibility index (Phi) is 7.23. The summed E-state index contributed by atoms with van der Waals surface area (Å²) in [6.45, 7) is 11.9. The van der Waals surface area contributed by atoms with Crippen molar-refractivity contribution in [1.29, 1.82) is 0 Å². The van der Waals surface area contributed by atoms with Crippen molar-refractivity contribution in [2.24, 2.45) is 5.92 Å². The molecule has 0 spiro atoms. The standard InChI is InChI=1S/C17H27NO3/c1-6-20-17(19)14(5)21-16-13(4)8-7-9-15(16)11-18-10-12(2)3/h7-9,12,14,18H,6,10-11H2,1-5H3. The molecule has 0 aliphatic heterocycles. The second-order valence-electron chi connectivity index (χ2n) is 5.60. The third-order valence-electron chi connectivity index (χ3n) is 3.07. The molecule has 1 unspecified atom stereocenters. The van der Waals surface area contributed by atoms with Gasteiger partial charge in [-0.3, -0.25) is 0 Å². The van der Waals surface area contributed by atoms with Crippen LogP contribution in [0.1, 0.15) is 38.8 Å². The van der Waals surface area contributed by atoms with Crippen LogP contribution in [0.25, 0.3) is 0 Å². The fourth-order valence-corrected chi connectivity index (χ4v) is 2.00. The Morgan fingerprint density at radius 1 is 1.29 bits per heavy atom. The van der Waals surface area contributed by atoms with E-state index >= 15 is 0 Å². The van der Waals surface area contributed by atoms with E-state index in [1.807, 2.05) is 25.1 Å². The topological polar surface area (TPSA) is 47.6 Å². The normalized spacial score (nSPS) is 12.3. The van der Waals surface area contributed by atoms with Gasteiger partial charge < -0.3 is 14.8 Å². The van der Waals surface area contributed by atoms with Crippen molar-refractivity contribution in [2.75, 3.05) is 13.2 Å². The summed E-state index contributed by atoms with van der Waals surface area (Å²) < 4.78 is 10.8. The van der Waals surface area contributed by atoms with E-state index in [0.29, 0.717) is 12.5 Å². The van der Waals surface area contributed by atoms with Gasteiger partial charge in [0.2, 0.25) is 0 Å². The molecule has 0 heterocycles. The monoisotopic (exact) mass is 293 g/mol. The largest absolute Gasteiger partial charge is 0.478 e. The second-order valence-corrected chi connectivity index (χ2v) is 5.60. The van der Waals surface area contributed by atoms with Crippen LogP contribution in [-0.2, 0) is 16.1 Å². The zero-order valence-electron chi connectivity index (χ0n) is 13.7. The minimum absolute atomic E-state index is 0.332. The molecule has 0 saturated heterocycles. The van der Waals surface area contributed by atoms with Crippen LogP contribution in [-0.4, -0.2) is 25.2 Å². The highest BCUT2D eigenvalue weighted by molar-refractivity contribution is 5.74. The highest BCUT2D eigenvalue weighted by Crippen LogP contribution is 2.24. The number of para-hydroxylation sites is 1. The van der Waals surface area contributed by atoms with E-state index in [0.717, 1.165) is 30.0 Å². The van der Waals surface area contributed by atoms with E-state index in [1.54, 1.807) is 13.8 Å². The first kappa shape index (κ1) is 17.5. The van der Waals surface area contributed by atoms with Gasteiger partial charge in [0.15, 0.2) is 6.10 Å². The van der Waals surface area contributed by atoms with Gasteiger partial charge in [-0.1, -0.05) is 32.0 Å². The number of nitrogens with one attached hydrogen (secondary N) is 1. The average molecular weight is 293 g/mol. The van der Waals surface area contributed by atoms with Crippen LogP contribution in [0.3, 0.4) is 0 Å². The summed E-state index contributed by atoms with van der Waals surface area (Å²) in [6.07, 6.45) is -0.602. The number of esters is 1. The molecule has 1 aromatic rings. The van der Waals surface area contributed by atoms with E-state index in [2.05, 4.69) is 19.2 Å². The second kappa shape index (κ2) is 8.67. The zero-order valence-corrected chi connectivity index (χ0v) is 13.7. The Bertz CT molecular complexity index is 457. The number of ether oxygens (including phenoxy) is 2. The fraction of sp³-hybridized carbons (Fsp3) is 0.588. The van der Waals surface area contributed by atoms with Crippen LogP contribution in [0, 0.1) is 12.8 Å². The number of hydrogen-bond acceptors (Lipinski definition) is 4. The number of carbonyl (C=O) groups excluding carboxylic acids is 1. The number of hydrogen-bond donors (Lipinski definition) is 1. The number of carbonyl (C=O) groups is 1. The first-order chi connectivity index (χ1) is 9.95. The summed E-state index contributed by atoms with van der Waals surface area (Å²) in [5.41, 5.74) is 2.08. The third-order valence-corrected chi connectivity index (χ3v) is 3.07. The molecule has 0 amide bonds. The van der Waals surface area contributed by atoms with Gasteiger partial charge in [0.05, 0.1) is 6.61 Å². The average Bonchev–Trinajstić information content (AvgIpc) is 2.42. The van der Waals surface area contributed by atoms with E-state index in [-0.39, 0.29) is 5.97 Å². The predicted molar refractivity (Wildman–Crippen MR) is 84.4 cm³/mol. The van der Waals surface area contributed by atoms with E-state index in [1.165, 1.54) is 0 Å². The van der Waals surface area contributed by atoms with Crippen LogP contribution in [0.5, 0.6) is 5.75 Å². The summed E-state index contributed by atoms with van der Waals surface area (Å²) in [4.78, 5) is 11.7. The van der Waals surface area contributed by atoms with Crippen molar-refractivity contribution >= 4 is 5.97 Å². The molecule has 0 fully saturated rings. The molecule has 0 aliphatic carbocycles. The maximum Gasteiger partial charge on any atom is 0.347 e. The summed E-state index contributed by atoms with van der Waals surface area (Å²) >= 11 is 0. The highest BCUT2D eigenvalue weighted by Gasteiger charge is 2.18. The quantitative estimate of drug-likeness (QED) is 0.748. The van der Waals surface area contributed by atoms with E-state index in [4.69, 9.17) is 9.47 Å². The number of aryl methyl sites for hydroxylation is 1. The van der Waals surface area contributed by atoms with Crippen molar-refractivity contribution in [1.82, 2.24) is 5.32 Å². The van der Waals surface area contributed by atoms with Gasteiger partial charge in [-0.05, 0) is 38.8 Å². The van der Waals surface area contributed by atoms with Gasteiger partial charge in [-0.2, -0.15) is 0 Å². The molecule has 4 nitrogen and oxygen atoms in total. The van der Waals surface area contributed by atoms with Crippen molar-refractivity contribution in [2.45, 2.75) is 47.3 Å². The molecule has 0 saturated carbocycles. The van der Waals surface area contributed by atoms with Gasteiger partial charge in [-0.25, -0.2) is 4.79 Å². The SMILES string of the molecule is CCOC(=O)C(C)Oc1c(C)cccc1CNCC(C)C. The lowest BCUT2D eigenvalue weighted by Gasteiger charge is -2.19. The van der Waals surface area contributed by atoms with Gasteiger partial charge in [0, 0.05) is 12.1 Å². The molecule has 1 rings (SSSR count). The Hall–Kier alpha value is -1.55. The molecule has 21 heavy (non-hydrogen) atoms. The summed E-state index contributed by atoms with van der Waals surface area (Å²) in [5, 5.41) is 3.40. The Labute approximate surface area is 127 Å². The minimum atomic E-state index is -0.602. The maximum atomic E-state index is 11.7. The van der Waals surface area contributed by atoms with Gasteiger partial charge in [-0.15, -0.1) is 0 Å². The van der Waals surface area contributed by atoms with Crippen molar-refractivity contribution in [3.05, 3.63) is 29.3 Å². The van der Waals surface area contributed by atoms with E-state index in [9.17, 15) is 4.79 Å². The number of benzene rings is 1. The van der Waals surface area contributed by atoms with Crippen molar-refractivity contribution in [3.63, 3.8) is 0 Å². The molecule has 0 aliphatic rings. The van der Waals surface area contributed by atoms with Crippen LogP contribution in [0.15, 0.2) is 18.2 Å². The Morgan fingerprint density at radius 3 is 2.62 bits per heavy atom. The van der Waals surface area contributed by atoms with Crippen molar-refractivity contribution < 1.29 is 14.3 Å². The molecular formula is C17H27NO3. The molecule has 0 bridgehead atoms. The first-order valence-electron chi connectivity index (χ1n) is 7.58. The maximum absolute atomic E-state index is 11.7. The molecule has 1 atom stereocenters. The van der Waals surface area contributed by atoms with E-state index < -0.39 is 6.10 Å². The summed E-state index contributed by atoms with van der Waals surface area (Å²) in [6, 6.07) is 6.01. The van der Waals surface area contributed by atoms with Crippen LogP contribution >= 0.6 is 0 Å². The van der Waals surface area contributed by atoms with Crippen LogP contribution in [0.4, 0.5) is 0 Å². The lowest BCUT2D eigenvalue weighted by atomic mass is 10.1. The molecule has 118 valence electrons. The molecule has 1 N–H and O–H groups in total. The van der Waals surface area contributed by atoms with Crippen LogP contribution in [0.2, 0.25) is 0 Å². The summed E-state index contributed by atoms with van der Waals surface area (Å²) in [5.74, 6) is 1.04. The Morgan fingerprint density at radius 2 is 2.00 bits per heavy atom. The fourth-order valence-electron chi connectivity index (χ4n) is 2.00. The summed E-state index contributed by atoms with van der Waals surface area (Å²) in [7, 11) is 0. The van der Waals surface area contributed by atoms with Crippen LogP contribution < -0.4 is 10.1 Å². The number of rotatable bonds is 8. The van der Waals surface area contributed by atoms with Crippen molar-refractivity contribution in [3.8, 4) is 5.75 Å². The van der Waals surface area contributed by atoms with Gasteiger partial charge >= 0.3 is 5.97 Å². The Balaban J connectivity index is 2.77. The minimum Gasteiger partial charge on any atom is -0.478 e. The lowest BCUT2D eigenvalue weighted by Crippen LogP contribution is -2.27. The molecular weight excluding hydrogens is 266 g/mol. The smallest absolute Gasteiger partial charge is 0.347 e. The molecule has 0 radical (unpaired) electrons. The zero-order chi connectivity index (χ0) is 15.8. The van der Waals surface area contributed by atoms with Gasteiger partial charge in [0.25, 0.3) is 0 Å². The highest BCUT2D eigenvalue weighted by atomic mass is 16.6. The third kappa shape index (κ3) is 5.76. The molecule has 4 heteroatoms. The predicted octanol–water partition coefficient (Wildman–Crippen LogP) is 3.07. The van der Waals surface area contributed by atoms with Gasteiger partial charge in [0.1, 0.15) is 5.75 Å². The lowest BCUT2D eigenvalue weighted by molar-refractivity contribution is -0.150. The molecule has 1 aromatic carbocycles.